The molecule has 2 aromatic carbocycles. The molecular weight excluding hydrogens is 434 g/mol. The van der Waals surface area contributed by atoms with Crippen LogP contribution in [0.25, 0.3) is 11.1 Å². The molecule has 2 aliphatic carbocycles. The summed E-state index contributed by atoms with van der Waals surface area (Å²) < 4.78 is 30.9. The molecule has 178 valence electrons. The third-order valence-corrected chi connectivity index (χ3v) is 8.75. The number of nitrogens with one attached hydrogen (secondary N) is 3. The Bertz CT molecular complexity index is 1050. The van der Waals surface area contributed by atoms with E-state index in [-0.39, 0.29) is 0 Å². The van der Waals surface area contributed by atoms with E-state index in [1.54, 1.807) is 0 Å². The fourth-order valence-electron chi connectivity index (χ4n) is 5.18. The van der Waals surface area contributed by atoms with E-state index in [0.29, 0.717) is 55.9 Å². The summed E-state index contributed by atoms with van der Waals surface area (Å²) in [5.74, 6) is 0.325. The number of piperazine rings is 1. The lowest BCUT2D eigenvalue weighted by atomic mass is 9.91. The average molecular weight is 470 g/mol. The van der Waals surface area contributed by atoms with Gasteiger partial charge in [-0.3, -0.25) is 4.72 Å². The van der Waals surface area contributed by atoms with Crippen molar-refractivity contribution in [2.45, 2.75) is 56.1 Å². The molecule has 3 fully saturated rings. The van der Waals surface area contributed by atoms with E-state index in [1.165, 1.54) is 4.31 Å². The smallest absolute Gasteiger partial charge is 0.301 e. The maximum atomic E-state index is 13.2. The minimum absolute atomic E-state index is 0.325. The normalized spacial score (nSPS) is 28.4. The molecule has 3 aliphatic rings. The van der Waals surface area contributed by atoms with Gasteiger partial charge in [0.1, 0.15) is 0 Å². The molecule has 0 spiro atoms. The molecule has 7 nitrogen and oxygen atoms in total. The second-order valence-corrected chi connectivity index (χ2v) is 11.3. The lowest BCUT2D eigenvalue weighted by Gasteiger charge is -2.28. The Morgan fingerprint density at radius 2 is 1.67 bits per heavy atom. The summed E-state index contributed by atoms with van der Waals surface area (Å²) in [6, 6.07) is 17.6. The molecule has 2 atom stereocenters. The summed E-state index contributed by atoms with van der Waals surface area (Å²) in [4.78, 5) is 0. The van der Waals surface area contributed by atoms with Gasteiger partial charge in [0, 0.05) is 50.2 Å². The van der Waals surface area contributed by atoms with Crippen LogP contribution in [0.15, 0.2) is 48.5 Å². The summed E-state index contributed by atoms with van der Waals surface area (Å²) in [6.07, 6.45) is 5.45. The van der Waals surface area contributed by atoms with Gasteiger partial charge in [0.05, 0.1) is 5.69 Å². The summed E-state index contributed by atoms with van der Waals surface area (Å²) >= 11 is 0. The largest absolute Gasteiger partial charge is 0.328 e. The maximum Gasteiger partial charge on any atom is 0.301 e. The van der Waals surface area contributed by atoms with Crippen molar-refractivity contribution in [1.82, 2.24) is 14.9 Å². The zero-order valence-electron chi connectivity index (χ0n) is 19.0. The molecule has 0 radical (unpaired) electrons. The first-order valence-corrected chi connectivity index (χ1v) is 13.6. The monoisotopic (exact) mass is 469 g/mol. The van der Waals surface area contributed by atoms with Gasteiger partial charge in [-0.1, -0.05) is 42.5 Å². The van der Waals surface area contributed by atoms with Crippen LogP contribution in [0.4, 0.5) is 5.69 Å². The number of nitrogens with two attached hydrogens (primary N) is 1. The van der Waals surface area contributed by atoms with Crippen molar-refractivity contribution in [2.75, 3.05) is 30.9 Å². The highest BCUT2D eigenvalue weighted by atomic mass is 32.2. The first-order valence-electron chi connectivity index (χ1n) is 12.2. The zero-order valence-corrected chi connectivity index (χ0v) is 19.9. The van der Waals surface area contributed by atoms with Crippen molar-refractivity contribution in [3.8, 4) is 11.1 Å². The Labute approximate surface area is 197 Å². The van der Waals surface area contributed by atoms with E-state index in [1.807, 2.05) is 24.3 Å². The predicted octanol–water partition coefficient (Wildman–Crippen LogP) is 2.63. The third-order valence-electron chi connectivity index (χ3n) is 7.23. The van der Waals surface area contributed by atoms with Crippen molar-refractivity contribution >= 4 is 15.9 Å². The first-order chi connectivity index (χ1) is 16.0. The van der Waals surface area contributed by atoms with Gasteiger partial charge >= 0.3 is 10.2 Å². The van der Waals surface area contributed by atoms with Gasteiger partial charge in [0.15, 0.2) is 0 Å². The van der Waals surface area contributed by atoms with E-state index >= 15 is 0 Å². The van der Waals surface area contributed by atoms with E-state index in [0.717, 1.165) is 48.8 Å². The van der Waals surface area contributed by atoms with Crippen LogP contribution < -0.4 is 21.1 Å². The molecule has 1 heterocycles. The third kappa shape index (κ3) is 5.41. The Morgan fingerprint density at radius 1 is 0.939 bits per heavy atom. The number of nitrogens with zero attached hydrogens (tertiary/aromatic N) is 1. The van der Waals surface area contributed by atoms with Gasteiger partial charge in [-0.15, -0.1) is 0 Å². The topological polar surface area (TPSA) is 99.5 Å². The Hall–Kier alpha value is -1.97. The van der Waals surface area contributed by atoms with Gasteiger partial charge in [-0.2, -0.15) is 12.7 Å². The molecule has 0 bridgehead atoms. The molecule has 2 saturated carbocycles. The van der Waals surface area contributed by atoms with Gasteiger partial charge in [-0.25, -0.2) is 0 Å². The minimum Gasteiger partial charge on any atom is -0.328 e. The molecule has 0 amide bonds. The number of rotatable bonds is 7. The highest BCUT2D eigenvalue weighted by molar-refractivity contribution is 7.90. The van der Waals surface area contributed by atoms with Crippen LogP contribution in [-0.4, -0.2) is 57.0 Å². The van der Waals surface area contributed by atoms with Gasteiger partial charge in [0.25, 0.3) is 0 Å². The zero-order chi connectivity index (χ0) is 22.8. The average Bonchev–Trinajstić information content (AvgIpc) is 3.60. The number of hydrogen-bond donors (Lipinski definition) is 4. The van der Waals surface area contributed by atoms with Gasteiger partial charge in [0.2, 0.25) is 0 Å². The molecule has 0 aromatic heterocycles. The van der Waals surface area contributed by atoms with Crippen LogP contribution in [0.2, 0.25) is 0 Å². The number of anilines is 1. The number of hydrogen-bond acceptors (Lipinski definition) is 5. The van der Waals surface area contributed by atoms with Crippen molar-refractivity contribution in [3.63, 3.8) is 0 Å². The Morgan fingerprint density at radius 3 is 2.39 bits per heavy atom. The molecule has 0 unspecified atom stereocenters. The molecular formula is C25H35N5O2S. The lowest BCUT2D eigenvalue weighted by Crippen LogP contribution is -2.48. The minimum atomic E-state index is -3.61. The lowest BCUT2D eigenvalue weighted by molar-refractivity contribution is 0.339. The second-order valence-electron chi connectivity index (χ2n) is 9.65. The van der Waals surface area contributed by atoms with Crippen molar-refractivity contribution in [3.05, 3.63) is 54.1 Å². The fraction of sp³-hybridized carbons (Fsp3) is 0.520. The standard InChI is InChI=1S/C25H35N5O2S/c26-20-7-9-21(10-8-20)28-24-17-23(24)22-11-6-19(18-4-2-1-3-5-18)16-25(22)29-33(31,32)30-14-12-27-13-15-30/h1-6,11,16,20-21,23-24,27-29H,7-10,12-15,17,26H2/t20?,21?,23-,24+/m0/s1. The van der Waals surface area contributed by atoms with Crippen LogP contribution >= 0.6 is 0 Å². The Balaban J connectivity index is 1.37. The van der Waals surface area contributed by atoms with E-state index in [4.69, 9.17) is 5.73 Å². The van der Waals surface area contributed by atoms with E-state index in [9.17, 15) is 8.42 Å². The molecule has 5 rings (SSSR count). The molecule has 5 N–H and O–H groups in total. The van der Waals surface area contributed by atoms with E-state index < -0.39 is 10.2 Å². The van der Waals surface area contributed by atoms with Gasteiger partial charge < -0.3 is 16.4 Å². The highest BCUT2D eigenvalue weighted by Gasteiger charge is 2.41. The molecule has 33 heavy (non-hydrogen) atoms. The van der Waals surface area contributed by atoms with Crippen LogP contribution in [0, 0.1) is 0 Å². The molecule has 1 saturated heterocycles. The first kappa shape index (κ1) is 22.8. The predicted molar refractivity (Wildman–Crippen MR) is 133 cm³/mol. The van der Waals surface area contributed by atoms with Crippen LogP contribution in [-0.2, 0) is 10.2 Å². The maximum absolute atomic E-state index is 13.2. The fourth-order valence-corrected chi connectivity index (χ4v) is 6.42. The summed E-state index contributed by atoms with van der Waals surface area (Å²) in [5.41, 5.74) is 9.95. The summed E-state index contributed by atoms with van der Waals surface area (Å²) in [7, 11) is -3.61. The van der Waals surface area contributed by atoms with E-state index in [2.05, 4.69) is 39.6 Å². The van der Waals surface area contributed by atoms with Crippen LogP contribution in [0.3, 0.4) is 0 Å². The SMILES string of the molecule is NC1CCC(N[C@@H]2C[C@H]2c2ccc(-c3ccccc3)cc2NS(=O)(=O)N2CCNCC2)CC1. The van der Waals surface area contributed by atoms with Crippen molar-refractivity contribution in [2.24, 2.45) is 5.73 Å². The quantitative estimate of drug-likeness (QED) is 0.500. The summed E-state index contributed by atoms with van der Waals surface area (Å²) in [6.45, 7) is 2.33. The van der Waals surface area contributed by atoms with Gasteiger partial charge in [-0.05, 0) is 54.9 Å². The van der Waals surface area contributed by atoms with Crippen LogP contribution in [0.5, 0.6) is 0 Å². The van der Waals surface area contributed by atoms with Crippen molar-refractivity contribution in [1.29, 1.82) is 0 Å². The highest BCUT2D eigenvalue weighted by Crippen LogP contribution is 2.46. The Kier molecular flexibility index (Phi) is 6.72. The number of benzene rings is 2. The van der Waals surface area contributed by atoms with Crippen LogP contribution in [0.1, 0.15) is 43.6 Å². The van der Waals surface area contributed by atoms with Crippen molar-refractivity contribution < 1.29 is 8.42 Å². The molecule has 8 heteroatoms. The molecule has 1 aliphatic heterocycles. The summed E-state index contributed by atoms with van der Waals surface area (Å²) in [5, 5.41) is 7.03. The second kappa shape index (κ2) is 9.72. The molecule has 2 aromatic rings.